The monoisotopic (exact) mass is 191 g/mol. The summed E-state index contributed by atoms with van der Waals surface area (Å²) in [6.45, 7) is 1.97. The van der Waals surface area contributed by atoms with Crippen LogP contribution in [0.15, 0.2) is 29.6 Å². The summed E-state index contributed by atoms with van der Waals surface area (Å²) < 4.78 is 0. The van der Waals surface area contributed by atoms with E-state index < -0.39 is 0 Å². The average molecular weight is 191 g/mol. The van der Waals surface area contributed by atoms with E-state index in [2.05, 4.69) is 4.98 Å². The Kier molecular flexibility index (Phi) is 2.02. The van der Waals surface area contributed by atoms with Crippen LogP contribution in [-0.2, 0) is 0 Å². The van der Waals surface area contributed by atoms with Gasteiger partial charge in [0, 0.05) is 10.9 Å². The Labute approximate surface area is 80.5 Å². The van der Waals surface area contributed by atoms with E-state index in [4.69, 9.17) is 0 Å². The molecule has 0 aliphatic carbocycles. The van der Waals surface area contributed by atoms with Crippen LogP contribution in [0.4, 0.5) is 0 Å². The summed E-state index contributed by atoms with van der Waals surface area (Å²) in [6, 6.07) is 7.13. The van der Waals surface area contributed by atoms with Crippen LogP contribution in [0.3, 0.4) is 0 Å². The fraction of sp³-hybridized carbons (Fsp3) is 0.100. The topological polar surface area (TPSA) is 33.1 Å². The van der Waals surface area contributed by atoms with Gasteiger partial charge in [-0.1, -0.05) is 12.1 Å². The molecular formula is C10H9NOS. The van der Waals surface area contributed by atoms with Gasteiger partial charge in [0.1, 0.15) is 5.75 Å². The molecule has 0 aliphatic heterocycles. The molecule has 1 N–H and O–H groups in total. The number of nitrogens with zero attached hydrogens (tertiary/aromatic N) is 1. The first-order valence-corrected chi connectivity index (χ1v) is 4.85. The van der Waals surface area contributed by atoms with Gasteiger partial charge in [0.25, 0.3) is 0 Å². The Hall–Kier alpha value is -1.35. The van der Waals surface area contributed by atoms with E-state index in [1.54, 1.807) is 23.5 Å². The normalized spacial score (nSPS) is 10.2. The minimum atomic E-state index is 0.281. The Morgan fingerprint density at radius 3 is 2.85 bits per heavy atom. The average Bonchev–Trinajstić information content (AvgIpc) is 2.52. The van der Waals surface area contributed by atoms with E-state index in [1.807, 2.05) is 24.4 Å². The summed E-state index contributed by atoms with van der Waals surface area (Å²) >= 11 is 1.61. The second-order valence-corrected chi connectivity index (χ2v) is 3.86. The highest BCUT2D eigenvalue weighted by molar-refractivity contribution is 7.09. The molecule has 0 aliphatic rings. The van der Waals surface area contributed by atoms with Crippen LogP contribution in [0, 0.1) is 6.92 Å². The highest BCUT2D eigenvalue weighted by Crippen LogP contribution is 2.24. The number of benzene rings is 1. The number of aromatic hydroxyl groups is 1. The largest absolute Gasteiger partial charge is 0.508 e. The molecule has 0 amide bonds. The van der Waals surface area contributed by atoms with Gasteiger partial charge in [-0.2, -0.15) is 0 Å². The standard InChI is InChI=1S/C10H9NOS/c1-7-11-10(6-13-7)8-3-2-4-9(12)5-8/h2-6,12H,1H3. The number of aromatic nitrogens is 1. The number of hydrogen-bond donors (Lipinski definition) is 1. The molecule has 3 heteroatoms. The van der Waals surface area contributed by atoms with Gasteiger partial charge in [-0.25, -0.2) is 4.98 Å². The van der Waals surface area contributed by atoms with Gasteiger partial charge in [0.2, 0.25) is 0 Å². The molecule has 1 aromatic carbocycles. The van der Waals surface area contributed by atoms with Crippen molar-refractivity contribution < 1.29 is 5.11 Å². The van der Waals surface area contributed by atoms with Gasteiger partial charge >= 0.3 is 0 Å². The zero-order valence-electron chi connectivity index (χ0n) is 7.19. The van der Waals surface area contributed by atoms with Crippen molar-refractivity contribution in [1.29, 1.82) is 0 Å². The molecular weight excluding hydrogens is 182 g/mol. The van der Waals surface area contributed by atoms with Gasteiger partial charge in [0.05, 0.1) is 10.7 Å². The van der Waals surface area contributed by atoms with E-state index in [-0.39, 0.29) is 5.75 Å². The number of rotatable bonds is 1. The van der Waals surface area contributed by atoms with Crippen LogP contribution >= 0.6 is 11.3 Å². The lowest BCUT2D eigenvalue weighted by Crippen LogP contribution is -1.76. The molecule has 0 unspecified atom stereocenters. The first-order chi connectivity index (χ1) is 6.25. The van der Waals surface area contributed by atoms with Crippen LogP contribution in [0.5, 0.6) is 5.75 Å². The van der Waals surface area contributed by atoms with Crippen molar-refractivity contribution in [2.45, 2.75) is 6.92 Å². The molecule has 0 atom stereocenters. The second kappa shape index (κ2) is 3.18. The van der Waals surface area contributed by atoms with E-state index in [9.17, 15) is 5.11 Å². The first-order valence-electron chi connectivity index (χ1n) is 3.97. The van der Waals surface area contributed by atoms with Crippen molar-refractivity contribution in [3.8, 4) is 17.0 Å². The SMILES string of the molecule is Cc1nc(-c2cccc(O)c2)cs1. The predicted molar refractivity (Wildman–Crippen MR) is 54.0 cm³/mol. The molecule has 2 aromatic rings. The summed E-state index contributed by atoms with van der Waals surface area (Å²) in [6.07, 6.45) is 0. The van der Waals surface area contributed by atoms with Crippen LogP contribution in [0.1, 0.15) is 5.01 Å². The molecule has 1 heterocycles. The lowest BCUT2D eigenvalue weighted by atomic mass is 10.2. The van der Waals surface area contributed by atoms with Crippen molar-refractivity contribution in [3.63, 3.8) is 0 Å². The molecule has 13 heavy (non-hydrogen) atoms. The molecule has 0 spiro atoms. The van der Waals surface area contributed by atoms with Crippen LogP contribution in [-0.4, -0.2) is 10.1 Å². The van der Waals surface area contributed by atoms with Crippen LogP contribution < -0.4 is 0 Å². The van der Waals surface area contributed by atoms with Crippen molar-refractivity contribution in [2.75, 3.05) is 0 Å². The fourth-order valence-corrected chi connectivity index (χ4v) is 1.78. The molecule has 0 fully saturated rings. The van der Waals surface area contributed by atoms with Gasteiger partial charge < -0.3 is 5.11 Å². The number of phenols is 1. The summed E-state index contributed by atoms with van der Waals surface area (Å²) in [5, 5.41) is 12.3. The molecule has 0 saturated carbocycles. The quantitative estimate of drug-likeness (QED) is 0.751. The van der Waals surface area contributed by atoms with Crippen molar-refractivity contribution in [1.82, 2.24) is 4.98 Å². The van der Waals surface area contributed by atoms with Crippen molar-refractivity contribution >= 4 is 11.3 Å². The Morgan fingerprint density at radius 1 is 1.38 bits per heavy atom. The maximum Gasteiger partial charge on any atom is 0.116 e. The zero-order valence-corrected chi connectivity index (χ0v) is 8.01. The molecule has 2 rings (SSSR count). The molecule has 0 radical (unpaired) electrons. The predicted octanol–water partition coefficient (Wildman–Crippen LogP) is 2.82. The number of phenolic OH excluding ortho intramolecular Hbond substituents is 1. The highest BCUT2D eigenvalue weighted by Gasteiger charge is 2.01. The van der Waals surface area contributed by atoms with E-state index in [0.29, 0.717) is 0 Å². The fourth-order valence-electron chi connectivity index (χ4n) is 1.16. The summed E-state index contributed by atoms with van der Waals surface area (Å²) in [5.41, 5.74) is 1.89. The minimum Gasteiger partial charge on any atom is -0.508 e. The molecule has 66 valence electrons. The summed E-state index contributed by atoms with van der Waals surface area (Å²) in [7, 11) is 0. The number of aryl methyl sites for hydroxylation is 1. The summed E-state index contributed by atoms with van der Waals surface area (Å²) in [4.78, 5) is 4.33. The van der Waals surface area contributed by atoms with Crippen molar-refractivity contribution in [3.05, 3.63) is 34.7 Å². The van der Waals surface area contributed by atoms with Gasteiger partial charge in [-0.3, -0.25) is 0 Å². The van der Waals surface area contributed by atoms with Gasteiger partial charge in [0.15, 0.2) is 0 Å². The zero-order chi connectivity index (χ0) is 9.26. The molecule has 2 nitrogen and oxygen atoms in total. The molecule has 0 saturated heterocycles. The van der Waals surface area contributed by atoms with E-state index in [1.165, 1.54) is 0 Å². The Morgan fingerprint density at radius 2 is 2.23 bits per heavy atom. The van der Waals surface area contributed by atoms with Gasteiger partial charge in [-0.05, 0) is 19.1 Å². The second-order valence-electron chi connectivity index (χ2n) is 2.80. The number of hydrogen-bond acceptors (Lipinski definition) is 3. The third-order valence-corrected chi connectivity index (χ3v) is 2.53. The van der Waals surface area contributed by atoms with E-state index in [0.717, 1.165) is 16.3 Å². The molecule has 0 bridgehead atoms. The maximum absolute atomic E-state index is 9.26. The lowest BCUT2D eigenvalue weighted by Gasteiger charge is -1.96. The highest BCUT2D eigenvalue weighted by atomic mass is 32.1. The van der Waals surface area contributed by atoms with Gasteiger partial charge in [-0.15, -0.1) is 11.3 Å². The van der Waals surface area contributed by atoms with Crippen LogP contribution in [0.2, 0.25) is 0 Å². The molecule has 1 aromatic heterocycles. The summed E-state index contributed by atoms with van der Waals surface area (Å²) in [5.74, 6) is 0.281. The third kappa shape index (κ3) is 1.70. The smallest absolute Gasteiger partial charge is 0.116 e. The lowest BCUT2D eigenvalue weighted by molar-refractivity contribution is 0.475. The number of thiazole rings is 1. The Bertz CT molecular complexity index is 422. The van der Waals surface area contributed by atoms with E-state index >= 15 is 0 Å². The van der Waals surface area contributed by atoms with Crippen LogP contribution in [0.25, 0.3) is 11.3 Å². The van der Waals surface area contributed by atoms with Crippen molar-refractivity contribution in [2.24, 2.45) is 0 Å². The maximum atomic E-state index is 9.26. The third-order valence-electron chi connectivity index (χ3n) is 1.76. The minimum absolute atomic E-state index is 0.281. The first kappa shape index (κ1) is 8.26. The Balaban J connectivity index is 2.46.